The average Bonchev–Trinajstić information content (AvgIpc) is 2.37. The van der Waals surface area contributed by atoms with E-state index in [-0.39, 0.29) is 18.1 Å². The lowest BCUT2D eigenvalue weighted by Gasteiger charge is -2.30. The van der Waals surface area contributed by atoms with Gasteiger partial charge in [-0.15, -0.1) is 0 Å². The molecule has 0 fully saturated rings. The lowest BCUT2D eigenvalue weighted by atomic mass is 9.86. The molecule has 106 valence electrons. The van der Waals surface area contributed by atoms with Crippen LogP contribution >= 0.6 is 0 Å². The van der Waals surface area contributed by atoms with E-state index in [1.807, 2.05) is 6.92 Å². The van der Waals surface area contributed by atoms with Gasteiger partial charge in [0.05, 0.1) is 12.2 Å². The Balaban J connectivity index is 4.39. The molecule has 0 amide bonds. The SMILES string of the molecule is C/C=C/C[C@H](C)[C@@H](OC)[C@@H](C)[C@H](O)C/C=C/CC. The fourth-order valence-corrected chi connectivity index (χ4v) is 2.29. The van der Waals surface area contributed by atoms with E-state index in [1.165, 1.54) is 0 Å². The van der Waals surface area contributed by atoms with Crippen LogP contribution in [0.1, 0.15) is 47.0 Å². The van der Waals surface area contributed by atoms with Gasteiger partial charge in [-0.3, -0.25) is 0 Å². The highest BCUT2D eigenvalue weighted by molar-refractivity contribution is 4.89. The predicted molar refractivity (Wildman–Crippen MR) is 78.6 cm³/mol. The molecule has 0 heterocycles. The van der Waals surface area contributed by atoms with Crippen LogP contribution in [0.25, 0.3) is 0 Å². The van der Waals surface area contributed by atoms with Crippen molar-refractivity contribution < 1.29 is 9.84 Å². The highest BCUT2D eigenvalue weighted by Crippen LogP contribution is 2.24. The molecule has 4 atom stereocenters. The number of aliphatic hydroxyl groups excluding tert-OH is 1. The number of aliphatic hydroxyl groups is 1. The molecule has 0 aliphatic carbocycles. The van der Waals surface area contributed by atoms with Crippen LogP contribution in [0.5, 0.6) is 0 Å². The molecule has 0 radical (unpaired) electrons. The molecule has 0 unspecified atom stereocenters. The third kappa shape index (κ3) is 6.36. The van der Waals surface area contributed by atoms with E-state index >= 15 is 0 Å². The van der Waals surface area contributed by atoms with E-state index in [0.717, 1.165) is 12.8 Å². The van der Waals surface area contributed by atoms with Crippen LogP contribution in [0, 0.1) is 11.8 Å². The van der Waals surface area contributed by atoms with E-state index in [9.17, 15) is 5.11 Å². The molecule has 0 bridgehead atoms. The molecular formula is C16H30O2. The summed E-state index contributed by atoms with van der Waals surface area (Å²) in [5.74, 6) is 0.572. The van der Waals surface area contributed by atoms with E-state index in [0.29, 0.717) is 12.3 Å². The second kappa shape index (κ2) is 10.3. The molecule has 2 nitrogen and oxygen atoms in total. The van der Waals surface area contributed by atoms with Gasteiger partial charge in [0, 0.05) is 13.0 Å². The van der Waals surface area contributed by atoms with Crippen molar-refractivity contribution in [3.05, 3.63) is 24.3 Å². The summed E-state index contributed by atoms with van der Waals surface area (Å²) in [5.41, 5.74) is 0. The number of hydrogen-bond acceptors (Lipinski definition) is 2. The molecule has 0 rings (SSSR count). The topological polar surface area (TPSA) is 29.5 Å². The Labute approximate surface area is 113 Å². The van der Waals surface area contributed by atoms with Gasteiger partial charge >= 0.3 is 0 Å². The van der Waals surface area contributed by atoms with Crippen LogP contribution in [0.3, 0.4) is 0 Å². The van der Waals surface area contributed by atoms with Crippen molar-refractivity contribution in [3.8, 4) is 0 Å². The van der Waals surface area contributed by atoms with Crippen molar-refractivity contribution in [2.75, 3.05) is 7.11 Å². The van der Waals surface area contributed by atoms with Gasteiger partial charge in [-0.2, -0.15) is 0 Å². The molecular weight excluding hydrogens is 224 g/mol. The average molecular weight is 254 g/mol. The first-order valence-corrected chi connectivity index (χ1v) is 7.05. The highest BCUT2D eigenvalue weighted by Gasteiger charge is 2.27. The lowest BCUT2D eigenvalue weighted by molar-refractivity contribution is -0.0320. The van der Waals surface area contributed by atoms with E-state index in [1.54, 1.807) is 7.11 Å². The summed E-state index contributed by atoms with van der Waals surface area (Å²) >= 11 is 0. The van der Waals surface area contributed by atoms with Crippen molar-refractivity contribution in [1.29, 1.82) is 0 Å². The van der Waals surface area contributed by atoms with Crippen molar-refractivity contribution >= 4 is 0 Å². The maximum absolute atomic E-state index is 10.2. The molecule has 2 heteroatoms. The third-order valence-electron chi connectivity index (χ3n) is 3.48. The van der Waals surface area contributed by atoms with Gasteiger partial charge in [-0.05, 0) is 32.1 Å². The zero-order chi connectivity index (χ0) is 14.0. The van der Waals surface area contributed by atoms with Crippen molar-refractivity contribution in [3.63, 3.8) is 0 Å². The Hall–Kier alpha value is -0.600. The van der Waals surface area contributed by atoms with Crippen LogP contribution in [0.2, 0.25) is 0 Å². The van der Waals surface area contributed by atoms with Crippen LogP contribution in [0.4, 0.5) is 0 Å². The standard InChI is InChI=1S/C16H30O2/c1-6-8-10-12-15(17)14(4)16(18-5)13(3)11-9-7-2/h7-10,13-17H,6,11-12H2,1-5H3/b9-7+,10-8+/t13-,14-,15+,16+/m0/s1. The molecule has 0 aliphatic rings. The maximum atomic E-state index is 10.2. The van der Waals surface area contributed by atoms with Gasteiger partial charge in [-0.1, -0.05) is 45.1 Å². The molecule has 0 aromatic heterocycles. The highest BCUT2D eigenvalue weighted by atomic mass is 16.5. The number of allylic oxidation sites excluding steroid dienone is 3. The van der Waals surface area contributed by atoms with Gasteiger partial charge in [0.2, 0.25) is 0 Å². The van der Waals surface area contributed by atoms with Gasteiger partial charge in [0.25, 0.3) is 0 Å². The Kier molecular flexibility index (Phi) is 9.99. The minimum absolute atomic E-state index is 0.103. The lowest BCUT2D eigenvalue weighted by Crippen LogP contribution is -2.35. The van der Waals surface area contributed by atoms with Crippen LogP contribution in [-0.4, -0.2) is 24.4 Å². The summed E-state index contributed by atoms with van der Waals surface area (Å²) in [6.45, 7) is 8.38. The zero-order valence-corrected chi connectivity index (χ0v) is 12.6. The fourth-order valence-electron chi connectivity index (χ4n) is 2.29. The molecule has 0 aromatic rings. The molecule has 0 aromatic carbocycles. The van der Waals surface area contributed by atoms with Gasteiger partial charge in [0.1, 0.15) is 0 Å². The Morgan fingerprint density at radius 3 is 2.28 bits per heavy atom. The maximum Gasteiger partial charge on any atom is 0.0650 e. The van der Waals surface area contributed by atoms with Gasteiger partial charge in [-0.25, -0.2) is 0 Å². The minimum Gasteiger partial charge on any atom is -0.392 e. The van der Waals surface area contributed by atoms with E-state index in [2.05, 4.69) is 45.1 Å². The smallest absolute Gasteiger partial charge is 0.0650 e. The number of hydrogen-bond donors (Lipinski definition) is 1. The fraction of sp³-hybridized carbons (Fsp3) is 0.750. The summed E-state index contributed by atoms with van der Waals surface area (Å²) in [4.78, 5) is 0. The van der Waals surface area contributed by atoms with Gasteiger partial charge in [0.15, 0.2) is 0 Å². The molecule has 18 heavy (non-hydrogen) atoms. The van der Waals surface area contributed by atoms with Crippen LogP contribution in [0.15, 0.2) is 24.3 Å². The summed E-state index contributed by atoms with van der Waals surface area (Å²) in [7, 11) is 1.74. The largest absolute Gasteiger partial charge is 0.392 e. The molecule has 0 saturated heterocycles. The van der Waals surface area contributed by atoms with Crippen LogP contribution in [-0.2, 0) is 4.74 Å². The number of methoxy groups -OCH3 is 1. The Bertz CT molecular complexity index is 245. The summed E-state index contributed by atoms with van der Waals surface area (Å²) in [6, 6.07) is 0. The number of rotatable bonds is 9. The van der Waals surface area contributed by atoms with E-state index < -0.39 is 0 Å². The predicted octanol–water partition coefficient (Wildman–Crippen LogP) is 3.96. The molecule has 0 spiro atoms. The number of ether oxygens (including phenoxy) is 1. The Morgan fingerprint density at radius 2 is 1.78 bits per heavy atom. The second-order valence-corrected chi connectivity index (χ2v) is 5.02. The monoisotopic (exact) mass is 254 g/mol. The summed E-state index contributed by atoms with van der Waals surface area (Å²) in [5, 5.41) is 10.2. The molecule has 1 N–H and O–H groups in total. The first-order valence-electron chi connectivity index (χ1n) is 7.05. The second-order valence-electron chi connectivity index (χ2n) is 5.02. The normalized spacial score (nSPS) is 19.2. The quantitative estimate of drug-likeness (QED) is 0.631. The van der Waals surface area contributed by atoms with Crippen molar-refractivity contribution in [2.45, 2.75) is 59.2 Å². The van der Waals surface area contributed by atoms with Crippen molar-refractivity contribution in [1.82, 2.24) is 0 Å². The van der Waals surface area contributed by atoms with Crippen LogP contribution < -0.4 is 0 Å². The summed E-state index contributed by atoms with van der Waals surface area (Å²) in [6.07, 6.45) is 10.9. The summed E-state index contributed by atoms with van der Waals surface area (Å²) < 4.78 is 5.58. The zero-order valence-electron chi connectivity index (χ0n) is 12.6. The van der Waals surface area contributed by atoms with E-state index in [4.69, 9.17) is 4.74 Å². The first kappa shape index (κ1) is 17.4. The first-order chi connectivity index (χ1) is 8.58. The van der Waals surface area contributed by atoms with Crippen molar-refractivity contribution in [2.24, 2.45) is 11.8 Å². The van der Waals surface area contributed by atoms with Gasteiger partial charge < -0.3 is 9.84 Å². The Morgan fingerprint density at radius 1 is 1.11 bits per heavy atom. The molecule has 0 aliphatic heterocycles. The third-order valence-corrected chi connectivity index (χ3v) is 3.48. The molecule has 0 saturated carbocycles. The minimum atomic E-state index is -0.328.